The van der Waals surface area contributed by atoms with Crippen molar-refractivity contribution in [2.45, 2.75) is 0 Å². The molecule has 0 atom stereocenters. The highest BCUT2D eigenvalue weighted by Gasteiger charge is 2.15. The summed E-state index contributed by atoms with van der Waals surface area (Å²) in [5, 5.41) is 15.9. The number of carbonyl (C=O) groups is 1. The molecule has 3 N–H and O–H groups in total. The summed E-state index contributed by atoms with van der Waals surface area (Å²) in [6, 6.07) is 20.7. The summed E-state index contributed by atoms with van der Waals surface area (Å²) in [5.41, 5.74) is 3.26. The Kier molecular flexibility index (Phi) is 6.29. The first-order valence-electron chi connectivity index (χ1n) is 10.2. The molecule has 5 rings (SSSR count). The predicted molar refractivity (Wildman–Crippen MR) is 142 cm³/mol. The quantitative estimate of drug-likeness (QED) is 0.201. The first-order chi connectivity index (χ1) is 16.9. The molecule has 2 aromatic heterocycles. The molecule has 174 valence electrons. The van der Waals surface area contributed by atoms with Crippen molar-refractivity contribution in [3.8, 4) is 28.5 Å². The Morgan fingerprint density at radius 1 is 1.00 bits per heavy atom. The van der Waals surface area contributed by atoms with Gasteiger partial charge in [-0.1, -0.05) is 23.7 Å². The third-order valence-electron chi connectivity index (χ3n) is 5.01. The van der Waals surface area contributed by atoms with Crippen molar-refractivity contribution >= 4 is 67.6 Å². The lowest BCUT2D eigenvalue weighted by Gasteiger charge is -2.08. The zero-order valence-corrected chi connectivity index (χ0v) is 20.9. The van der Waals surface area contributed by atoms with Crippen molar-refractivity contribution in [2.24, 2.45) is 0 Å². The number of oxazole rings is 1. The lowest BCUT2D eigenvalue weighted by atomic mass is 10.2. The van der Waals surface area contributed by atoms with Gasteiger partial charge >= 0.3 is 0 Å². The minimum absolute atomic E-state index is 0.0984. The van der Waals surface area contributed by atoms with Gasteiger partial charge in [-0.25, -0.2) is 4.98 Å². The highest BCUT2D eigenvalue weighted by molar-refractivity contribution is 9.10. The van der Waals surface area contributed by atoms with E-state index in [1.54, 1.807) is 66.7 Å². The number of aromatic hydroxyl groups is 1. The highest BCUT2D eigenvalue weighted by atomic mass is 79.9. The number of carbonyl (C=O) groups excluding carboxylic acids is 1. The van der Waals surface area contributed by atoms with E-state index in [0.29, 0.717) is 43.5 Å². The van der Waals surface area contributed by atoms with E-state index in [1.807, 2.05) is 6.07 Å². The Balaban J connectivity index is 1.27. The summed E-state index contributed by atoms with van der Waals surface area (Å²) in [6.07, 6.45) is 0. The van der Waals surface area contributed by atoms with Crippen LogP contribution >= 0.6 is 39.7 Å². The summed E-state index contributed by atoms with van der Waals surface area (Å²) < 4.78 is 12.0. The number of nitrogens with one attached hydrogen (secondary N) is 2. The molecule has 2 heterocycles. The number of furan rings is 1. The van der Waals surface area contributed by atoms with Gasteiger partial charge in [0, 0.05) is 21.8 Å². The van der Waals surface area contributed by atoms with Gasteiger partial charge in [-0.2, -0.15) is 0 Å². The van der Waals surface area contributed by atoms with Crippen molar-refractivity contribution in [1.82, 2.24) is 10.3 Å². The second-order valence-electron chi connectivity index (χ2n) is 7.45. The number of hydrogen-bond donors (Lipinski definition) is 3. The van der Waals surface area contributed by atoms with Crippen LogP contribution in [0.4, 0.5) is 5.69 Å². The molecular formula is C25H15BrClN3O4S. The zero-order valence-electron chi connectivity index (χ0n) is 17.7. The fourth-order valence-electron chi connectivity index (χ4n) is 3.35. The van der Waals surface area contributed by atoms with Gasteiger partial charge in [0.05, 0.1) is 4.47 Å². The topological polar surface area (TPSA) is 101 Å². The average molecular weight is 569 g/mol. The van der Waals surface area contributed by atoms with Crippen LogP contribution < -0.4 is 10.6 Å². The van der Waals surface area contributed by atoms with Gasteiger partial charge in [0.1, 0.15) is 17.0 Å². The SMILES string of the molecule is O=C(NC(=S)Nc1ccc2oc(-c3ccc(O)c(Br)c3)nc2c1)c1ccc(-c2cccc(Cl)c2)o1. The molecule has 3 aromatic carbocycles. The van der Waals surface area contributed by atoms with Crippen LogP contribution in [0.25, 0.3) is 33.9 Å². The van der Waals surface area contributed by atoms with Crippen molar-refractivity contribution in [1.29, 1.82) is 0 Å². The second-order valence-corrected chi connectivity index (χ2v) is 9.15. The van der Waals surface area contributed by atoms with Gasteiger partial charge in [-0.3, -0.25) is 10.1 Å². The zero-order chi connectivity index (χ0) is 24.5. The molecule has 7 nitrogen and oxygen atoms in total. The van der Waals surface area contributed by atoms with Crippen LogP contribution in [-0.4, -0.2) is 21.1 Å². The number of anilines is 1. The smallest absolute Gasteiger partial charge is 0.293 e. The first-order valence-corrected chi connectivity index (χ1v) is 11.8. The number of phenols is 1. The Hall–Kier alpha value is -3.66. The molecule has 5 aromatic rings. The molecule has 0 radical (unpaired) electrons. The van der Waals surface area contributed by atoms with E-state index < -0.39 is 5.91 Å². The maximum atomic E-state index is 12.6. The van der Waals surface area contributed by atoms with Crippen LogP contribution in [0.1, 0.15) is 10.6 Å². The van der Waals surface area contributed by atoms with E-state index in [0.717, 1.165) is 5.56 Å². The van der Waals surface area contributed by atoms with E-state index in [1.165, 1.54) is 0 Å². The monoisotopic (exact) mass is 567 g/mol. The van der Waals surface area contributed by atoms with E-state index in [9.17, 15) is 9.90 Å². The molecule has 0 saturated carbocycles. The molecule has 0 saturated heterocycles. The number of phenolic OH excluding ortho intramolecular Hbond substituents is 1. The molecule has 0 bridgehead atoms. The van der Waals surface area contributed by atoms with Crippen molar-refractivity contribution in [3.05, 3.63) is 88.1 Å². The van der Waals surface area contributed by atoms with E-state index >= 15 is 0 Å². The number of amides is 1. The number of aromatic nitrogens is 1. The normalized spacial score (nSPS) is 10.9. The first kappa shape index (κ1) is 23.1. The van der Waals surface area contributed by atoms with Crippen molar-refractivity contribution in [3.63, 3.8) is 0 Å². The van der Waals surface area contributed by atoms with Gasteiger partial charge in [0.2, 0.25) is 5.89 Å². The van der Waals surface area contributed by atoms with Gasteiger partial charge in [-0.15, -0.1) is 0 Å². The average Bonchev–Trinajstić information content (AvgIpc) is 3.48. The van der Waals surface area contributed by atoms with Crippen LogP contribution in [-0.2, 0) is 0 Å². The molecule has 0 unspecified atom stereocenters. The Morgan fingerprint density at radius 3 is 2.66 bits per heavy atom. The predicted octanol–water partition coefficient (Wildman–Crippen LogP) is 7.00. The van der Waals surface area contributed by atoms with Crippen LogP contribution in [0.15, 0.2) is 86.1 Å². The molecule has 0 fully saturated rings. The minimum atomic E-state index is -0.488. The fraction of sp³-hybridized carbons (Fsp3) is 0. The summed E-state index contributed by atoms with van der Waals surface area (Å²) in [7, 11) is 0. The van der Waals surface area contributed by atoms with Gasteiger partial charge < -0.3 is 19.3 Å². The van der Waals surface area contributed by atoms with E-state index in [4.69, 9.17) is 32.7 Å². The standard InChI is InChI=1S/C25H15BrClN3O4S/c26-17-11-14(4-6-19(17)31)24-29-18-12-16(5-7-21(18)34-24)28-25(35)30-23(32)22-9-8-20(33-22)13-2-1-3-15(27)10-13/h1-12,31H,(H2,28,30,32,35). The summed E-state index contributed by atoms with van der Waals surface area (Å²) in [6.45, 7) is 0. The Bertz CT molecular complexity index is 1600. The van der Waals surface area contributed by atoms with Gasteiger partial charge in [-0.05, 0) is 88.8 Å². The van der Waals surface area contributed by atoms with Crippen molar-refractivity contribution < 1.29 is 18.7 Å². The molecule has 35 heavy (non-hydrogen) atoms. The second kappa shape index (κ2) is 9.53. The number of rotatable bonds is 4. The molecule has 0 aliphatic rings. The maximum absolute atomic E-state index is 12.6. The van der Waals surface area contributed by atoms with Crippen LogP contribution in [0.3, 0.4) is 0 Å². The summed E-state index contributed by atoms with van der Waals surface area (Å²) in [4.78, 5) is 17.1. The number of hydrogen-bond acceptors (Lipinski definition) is 6. The Morgan fingerprint density at radius 2 is 1.86 bits per heavy atom. The molecule has 0 aliphatic heterocycles. The molecule has 0 spiro atoms. The number of halogens is 2. The fourth-order valence-corrected chi connectivity index (χ4v) is 4.13. The van der Waals surface area contributed by atoms with E-state index in [-0.39, 0.29) is 16.6 Å². The largest absolute Gasteiger partial charge is 0.507 e. The Labute approximate surface area is 217 Å². The van der Waals surface area contributed by atoms with Crippen molar-refractivity contribution in [2.75, 3.05) is 5.32 Å². The van der Waals surface area contributed by atoms with Crippen LogP contribution in [0.5, 0.6) is 5.75 Å². The third kappa shape index (κ3) is 5.07. The summed E-state index contributed by atoms with van der Waals surface area (Å²) >= 11 is 14.6. The van der Waals surface area contributed by atoms with E-state index in [2.05, 4.69) is 31.5 Å². The molecule has 0 aliphatic carbocycles. The summed E-state index contributed by atoms with van der Waals surface area (Å²) in [5.74, 6) is 0.674. The van der Waals surface area contributed by atoms with Crippen LogP contribution in [0.2, 0.25) is 5.02 Å². The van der Waals surface area contributed by atoms with Crippen LogP contribution in [0, 0.1) is 0 Å². The number of thiocarbonyl (C=S) groups is 1. The maximum Gasteiger partial charge on any atom is 0.293 e. The number of benzene rings is 3. The highest BCUT2D eigenvalue weighted by Crippen LogP contribution is 2.31. The van der Waals surface area contributed by atoms with Gasteiger partial charge in [0.15, 0.2) is 16.5 Å². The lowest BCUT2D eigenvalue weighted by Crippen LogP contribution is -2.33. The van der Waals surface area contributed by atoms with Gasteiger partial charge in [0.25, 0.3) is 5.91 Å². The molecule has 10 heteroatoms. The molecule has 1 amide bonds. The third-order valence-corrected chi connectivity index (χ3v) is 6.08. The number of nitrogens with zero attached hydrogens (tertiary/aromatic N) is 1. The lowest BCUT2D eigenvalue weighted by molar-refractivity contribution is 0.0951. The molecular weight excluding hydrogens is 554 g/mol. The minimum Gasteiger partial charge on any atom is -0.507 e. The number of fused-ring (bicyclic) bond motifs is 1.